The van der Waals surface area contributed by atoms with Gasteiger partial charge in [0.2, 0.25) is 0 Å². The molecule has 2 N–H and O–H groups in total. The maximum atomic E-state index is 12.7. The van der Waals surface area contributed by atoms with Crippen LogP contribution in [0.2, 0.25) is 0 Å². The summed E-state index contributed by atoms with van der Waals surface area (Å²) in [5.41, 5.74) is 6.91. The van der Waals surface area contributed by atoms with Crippen molar-refractivity contribution in [2.45, 2.75) is 63.3 Å². The van der Waals surface area contributed by atoms with E-state index in [0.29, 0.717) is 39.0 Å². The van der Waals surface area contributed by atoms with Gasteiger partial charge >= 0.3 is 0 Å². The molecule has 0 spiro atoms. The third-order valence-electron chi connectivity index (χ3n) is 9.57. The summed E-state index contributed by atoms with van der Waals surface area (Å²) in [6.45, 7) is 2.55. The Morgan fingerprint density at radius 1 is 0.300 bits per heavy atom. The Morgan fingerprint density at radius 3 is 0.720 bits per heavy atom. The number of benzene rings is 6. The van der Waals surface area contributed by atoms with Crippen LogP contribution in [0.1, 0.15) is 33.4 Å². The van der Waals surface area contributed by atoms with E-state index in [-0.39, 0.29) is 12.1 Å². The second-order valence-corrected chi connectivity index (χ2v) is 13.2. The van der Waals surface area contributed by atoms with Crippen molar-refractivity contribution in [3.63, 3.8) is 0 Å². The fourth-order valence-electron chi connectivity index (χ4n) is 6.95. The summed E-state index contributed by atoms with van der Waals surface area (Å²) >= 11 is 0. The fraction of sp³-hybridized carbons (Fsp3) is 0.217. The lowest BCUT2D eigenvalue weighted by molar-refractivity contribution is -0.0821. The van der Waals surface area contributed by atoms with Crippen LogP contribution in [0.4, 0.5) is 0 Å². The number of rotatable bonds is 17. The largest absolute Gasteiger partial charge is 0.389 e. The van der Waals surface area contributed by atoms with E-state index in [2.05, 4.69) is 131 Å². The molecule has 0 amide bonds. The zero-order valence-corrected chi connectivity index (χ0v) is 28.7. The van der Waals surface area contributed by atoms with Gasteiger partial charge in [-0.15, -0.1) is 0 Å². The van der Waals surface area contributed by atoms with Crippen LogP contribution < -0.4 is 0 Å². The fourth-order valence-corrected chi connectivity index (χ4v) is 6.95. The van der Waals surface area contributed by atoms with E-state index in [9.17, 15) is 10.2 Å². The van der Waals surface area contributed by atoms with Crippen molar-refractivity contribution in [2.75, 3.05) is 0 Å². The molecule has 0 radical (unpaired) electrons. The minimum absolute atomic E-state index is 0.374. The lowest BCUT2D eigenvalue weighted by atomic mass is 9.88. The second kappa shape index (κ2) is 18.2. The molecule has 0 aliphatic heterocycles. The quantitative estimate of drug-likeness (QED) is 0.103. The average molecular weight is 661 g/mol. The van der Waals surface area contributed by atoms with Gasteiger partial charge in [-0.1, -0.05) is 182 Å². The molecule has 6 aromatic carbocycles. The molecular formula is C46H48N2O2. The molecule has 0 fully saturated rings. The lowest BCUT2D eigenvalue weighted by Crippen LogP contribution is -2.56. The van der Waals surface area contributed by atoms with E-state index >= 15 is 0 Å². The molecular weight excluding hydrogens is 613 g/mol. The SMILES string of the molecule is OC(C(O)[C@H](Cc1ccccc1)N(Cc1ccccc1)Cc1ccccc1)[C@H](Cc1ccccc1)N(Cc1ccccc1)Cc1ccccc1. The molecule has 0 aliphatic rings. The standard InChI is InChI=1S/C46H48N2O2/c49-45(43(31-37-19-7-1-8-20-37)47(33-39-23-11-3-12-24-39)34-40-25-13-4-14-26-40)46(50)44(32-38-21-9-2-10-22-38)48(35-41-27-15-5-16-28-41)36-42-29-17-6-18-30-42/h1-30,43-46,49-50H,31-36H2/t43-,44-,45?,46?/m0/s1. The summed E-state index contributed by atoms with van der Waals surface area (Å²) in [7, 11) is 0. The van der Waals surface area contributed by atoms with Crippen LogP contribution in [0.15, 0.2) is 182 Å². The van der Waals surface area contributed by atoms with Gasteiger partial charge in [0.05, 0.1) is 12.2 Å². The normalized spacial score (nSPS) is 13.9. The van der Waals surface area contributed by atoms with Crippen molar-refractivity contribution >= 4 is 0 Å². The molecule has 2 unspecified atom stereocenters. The molecule has 0 bridgehead atoms. The summed E-state index contributed by atoms with van der Waals surface area (Å²) in [4.78, 5) is 4.70. The summed E-state index contributed by atoms with van der Waals surface area (Å²) in [5.74, 6) is 0. The molecule has 0 heterocycles. The van der Waals surface area contributed by atoms with E-state index in [1.807, 2.05) is 60.7 Å². The molecule has 4 heteroatoms. The first-order chi connectivity index (χ1) is 24.6. The maximum Gasteiger partial charge on any atom is 0.0972 e. The van der Waals surface area contributed by atoms with Crippen LogP contribution in [0.5, 0.6) is 0 Å². The Morgan fingerprint density at radius 2 is 0.500 bits per heavy atom. The highest BCUT2D eigenvalue weighted by molar-refractivity contribution is 5.23. The number of aliphatic hydroxyl groups is 2. The summed E-state index contributed by atoms with van der Waals surface area (Å²) in [6.07, 6.45) is -0.918. The predicted molar refractivity (Wildman–Crippen MR) is 204 cm³/mol. The first kappa shape index (κ1) is 35.0. The van der Waals surface area contributed by atoms with Crippen molar-refractivity contribution < 1.29 is 10.2 Å². The van der Waals surface area contributed by atoms with E-state index in [4.69, 9.17) is 0 Å². The van der Waals surface area contributed by atoms with Crippen molar-refractivity contribution in [1.82, 2.24) is 9.80 Å². The van der Waals surface area contributed by atoms with Gasteiger partial charge in [-0.25, -0.2) is 0 Å². The molecule has 50 heavy (non-hydrogen) atoms. The van der Waals surface area contributed by atoms with Crippen LogP contribution in [0.3, 0.4) is 0 Å². The van der Waals surface area contributed by atoms with Gasteiger partial charge in [-0.3, -0.25) is 9.80 Å². The zero-order chi connectivity index (χ0) is 34.4. The minimum Gasteiger partial charge on any atom is -0.389 e. The van der Waals surface area contributed by atoms with Crippen LogP contribution in [-0.2, 0) is 39.0 Å². The average Bonchev–Trinajstić information content (AvgIpc) is 3.17. The maximum absolute atomic E-state index is 12.7. The van der Waals surface area contributed by atoms with E-state index < -0.39 is 12.2 Å². The monoisotopic (exact) mass is 660 g/mol. The number of nitrogens with zero attached hydrogens (tertiary/aromatic N) is 2. The van der Waals surface area contributed by atoms with Crippen LogP contribution in [0, 0.1) is 0 Å². The lowest BCUT2D eigenvalue weighted by Gasteiger charge is -2.42. The van der Waals surface area contributed by atoms with Gasteiger partial charge in [0.25, 0.3) is 0 Å². The molecule has 0 aliphatic carbocycles. The first-order valence-electron chi connectivity index (χ1n) is 17.7. The van der Waals surface area contributed by atoms with E-state index in [1.165, 1.54) is 22.3 Å². The van der Waals surface area contributed by atoms with Crippen LogP contribution in [0.25, 0.3) is 0 Å². The molecule has 0 saturated carbocycles. The van der Waals surface area contributed by atoms with Crippen molar-refractivity contribution in [1.29, 1.82) is 0 Å². The van der Waals surface area contributed by atoms with Gasteiger partial charge in [-0.05, 0) is 46.2 Å². The highest BCUT2D eigenvalue weighted by atomic mass is 16.3. The summed E-state index contributed by atoms with van der Waals surface area (Å²) < 4.78 is 0. The van der Waals surface area contributed by atoms with Crippen LogP contribution >= 0.6 is 0 Å². The highest BCUT2D eigenvalue weighted by Gasteiger charge is 2.38. The molecule has 6 aromatic rings. The number of hydrogen-bond donors (Lipinski definition) is 2. The topological polar surface area (TPSA) is 46.9 Å². The highest BCUT2D eigenvalue weighted by Crippen LogP contribution is 2.27. The predicted octanol–water partition coefficient (Wildman–Crippen LogP) is 8.34. The van der Waals surface area contributed by atoms with Gasteiger partial charge in [0.15, 0.2) is 0 Å². The minimum atomic E-state index is -1.05. The van der Waals surface area contributed by atoms with Crippen molar-refractivity contribution in [3.05, 3.63) is 215 Å². The van der Waals surface area contributed by atoms with E-state index in [1.54, 1.807) is 0 Å². The van der Waals surface area contributed by atoms with Crippen molar-refractivity contribution in [2.24, 2.45) is 0 Å². The molecule has 254 valence electrons. The number of hydrogen-bond acceptors (Lipinski definition) is 4. The Bertz CT molecular complexity index is 1570. The van der Waals surface area contributed by atoms with Gasteiger partial charge in [0.1, 0.15) is 0 Å². The Labute approximate surface area is 297 Å². The van der Waals surface area contributed by atoms with Gasteiger partial charge < -0.3 is 10.2 Å². The molecule has 0 saturated heterocycles. The third-order valence-corrected chi connectivity index (χ3v) is 9.57. The second-order valence-electron chi connectivity index (χ2n) is 13.2. The Balaban J connectivity index is 1.40. The van der Waals surface area contributed by atoms with E-state index in [0.717, 1.165) is 11.1 Å². The summed E-state index contributed by atoms with van der Waals surface area (Å²) in [6, 6.07) is 61.7. The molecule has 0 aromatic heterocycles. The Hall–Kier alpha value is -4.84. The Kier molecular flexibility index (Phi) is 12.8. The molecule has 4 nitrogen and oxygen atoms in total. The number of aliphatic hydroxyl groups excluding tert-OH is 2. The smallest absolute Gasteiger partial charge is 0.0972 e. The molecule has 4 atom stereocenters. The first-order valence-corrected chi connectivity index (χ1v) is 17.7. The molecule has 6 rings (SSSR count). The van der Waals surface area contributed by atoms with Crippen molar-refractivity contribution in [3.8, 4) is 0 Å². The van der Waals surface area contributed by atoms with Gasteiger partial charge in [0, 0.05) is 38.3 Å². The summed E-state index contributed by atoms with van der Waals surface area (Å²) in [5, 5.41) is 25.4. The third kappa shape index (κ3) is 10.1. The van der Waals surface area contributed by atoms with Gasteiger partial charge in [-0.2, -0.15) is 0 Å². The van der Waals surface area contributed by atoms with Crippen LogP contribution in [-0.4, -0.2) is 44.3 Å². The zero-order valence-electron chi connectivity index (χ0n) is 28.7.